The second kappa shape index (κ2) is 14.1. The van der Waals surface area contributed by atoms with Gasteiger partial charge in [-0.25, -0.2) is 0 Å². The molecular formula is C23H31NaO5S. The van der Waals surface area contributed by atoms with Crippen molar-refractivity contribution >= 4 is 10.1 Å². The molecule has 0 fully saturated rings. The van der Waals surface area contributed by atoms with Crippen molar-refractivity contribution in [1.29, 1.82) is 0 Å². The first-order valence-corrected chi connectivity index (χ1v) is 11.9. The maximum Gasteiger partial charge on any atom is 1.00 e. The van der Waals surface area contributed by atoms with E-state index >= 15 is 0 Å². The molecule has 2 rings (SSSR count). The molecule has 0 saturated carbocycles. The van der Waals surface area contributed by atoms with Gasteiger partial charge >= 0.3 is 29.6 Å². The largest absolute Gasteiger partial charge is 1.00 e. The van der Waals surface area contributed by atoms with Crippen LogP contribution < -0.4 is 39.4 Å². The van der Waals surface area contributed by atoms with E-state index in [2.05, 4.69) is 6.92 Å². The Hall–Kier alpha value is -1.05. The molecule has 2 aromatic carbocycles. The van der Waals surface area contributed by atoms with Crippen LogP contribution in [0.1, 0.15) is 70.3 Å². The Balaban J connectivity index is 0.00000450. The van der Waals surface area contributed by atoms with Crippen LogP contribution >= 0.6 is 0 Å². The van der Waals surface area contributed by atoms with Gasteiger partial charge in [0.25, 0.3) is 10.1 Å². The predicted octanol–water partition coefficient (Wildman–Crippen LogP) is 2.88. The average Bonchev–Trinajstić information content (AvgIpc) is 2.67. The first-order chi connectivity index (χ1) is 13.9. The second-order valence-corrected chi connectivity index (χ2v) is 8.73. The SMILES string of the molecule is CCCCCCCCCCCc1cccc(Oc2ccc([O-])cc2)c1S(=O)(=O)O.[Na+]. The molecule has 2 aromatic rings. The molecule has 0 radical (unpaired) electrons. The summed E-state index contributed by atoms with van der Waals surface area (Å²) in [4.78, 5) is -0.189. The van der Waals surface area contributed by atoms with Gasteiger partial charge in [-0.1, -0.05) is 82.6 Å². The van der Waals surface area contributed by atoms with Crippen LogP contribution in [0.15, 0.2) is 47.4 Å². The third kappa shape index (κ3) is 9.40. The Morgan fingerprint density at radius 2 is 1.43 bits per heavy atom. The molecule has 0 bridgehead atoms. The first kappa shape index (κ1) is 27.0. The van der Waals surface area contributed by atoms with Crippen molar-refractivity contribution in [2.75, 3.05) is 0 Å². The summed E-state index contributed by atoms with van der Waals surface area (Å²) in [6.45, 7) is 2.21. The Bertz CT molecular complexity index is 850. The fraction of sp³-hybridized carbons (Fsp3) is 0.478. The molecule has 0 aliphatic rings. The Kier molecular flexibility index (Phi) is 12.7. The maximum absolute atomic E-state index is 12.0. The minimum Gasteiger partial charge on any atom is -0.872 e. The molecule has 30 heavy (non-hydrogen) atoms. The fourth-order valence-corrected chi connectivity index (χ4v) is 4.26. The van der Waals surface area contributed by atoms with E-state index in [1.165, 1.54) is 68.9 Å². The number of benzene rings is 2. The fourth-order valence-electron chi connectivity index (χ4n) is 3.39. The zero-order chi connectivity index (χ0) is 21.1. The zero-order valence-electron chi connectivity index (χ0n) is 18.1. The van der Waals surface area contributed by atoms with Crippen molar-refractivity contribution in [3.8, 4) is 17.2 Å². The minimum absolute atomic E-state index is 0. The number of hydrogen-bond acceptors (Lipinski definition) is 4. The Labute approximate surface area is 202 Å². The van der Waals surface area contributed by atoms with Crippen molar-refractivity contribution in [3.05, 3.63) is 48.0 Å². The van der Waals surface area contributed by atoms with E-state index < -0.39 is 10.1 Å². The molecule has 0 unspecified atom stereocenters. The van der Waals surface area contributed by atoms with Crippen molar-refractivity contribution in [2.45, 2.75) is 76.0 Å². The molecule has 7 heteroatoms. The second-order valence-electron chi connectivity index (χ2n) is 7.37. The molecular weight excluding hydrogens is 411 g/mol. The summed E-state index contributed by atoms with van der Waals surface area (Å²) in [5, 5.41) is 11.2. The number of hydrogen-bond donors (Lipinski definition) is 1. The summed E-state index contributed by atoms with van der Waals surface area (Å²) in [6.07, 6.45) is 11.2. The van der Waals surface area contributed by atoms with Crippen LogP contribution in [0.5, 0.6) is 17.2 Å². The van der Waals surface area contributed by atoms with Crippen LogP contribution in [0.2, 0.25) is 0 Å². The summed E-state index contributed by atoms with van der Waals surface area (Å²) in [5.74, 6) is 0.251. The van der Waals surface area contributed by atoms with Crippen molar-refractivity contribution in [3.63, 3.8) is 0 Å². The monoisotopic (exact) mass is 442 g/mol. The first-order valence-electron chi connectivity index (χ1n) is 10.5. The van der Waals surface area contributed by atoms with Gasteiger partial charge in [0.1, 0.15) is 16.4 Å². The Morgan fingerprint density at radius 1 is 0.867 bits per heavy atom. The van der Waals surface area contributed by atoms with E-state index in [4.69, 9.17) is 4.74 Å². The van der Waals surface area contributed by atoms with E-state index in [-0.39, 0.29) is 46.0 Å². The normalized spacial score (nSPS) is 11.1. The third-order valence-corrected chi connectivity index (χ3v) is 5.90. The quantitative estimate of drug-likeness (QED) is 0.293. The van der Waals surface area contributed by atoms with E-state index in [0.717, 1.165) is 19.3 Å². The van der Waals surface area contributed by atoms with Crippen molar-refractivity contribution in [2.24, 2.45) is 0 Å². The number of ether oxygens (including phenoxy) is 1. The summed E-state index contributed by atoms with van der Waals surface area (Å²) >= 11 is 0. The van der Waals surface area contributed by atoms with E-state index in [9.17, 15) is 18.1 Å². The van der Waals surface area contributed by atoms with E-state index in [0.29, 0.717) is 17.7 Å². The summed E-state index contributed by atoms with van der Waals surface area (Å²) < 4.78 is 39.4. The van der Waals surface area contributed by atoms with Crippen LogP contribution in [-0.2, 0) is 16.5 Å². The summed E-state index contributed by atoms with van der Waals surface area (Å²) in [7, 11) is -4.44. The standard InChI is InChI=1S/C23H32O5S.Na/c1-2-3-4-5-6-7-8-9-10-12-19-13-11-14-22(23(19)29(25,26)27)28-21-17-15-20(24)16-18-21;/h11,13-18,24H,2-10,12H2,1H3,(H,25,26,27);/q;+1/p-1. The van der Waals surface area contributed by atoms with Crippen LogP contribution in [0.3, 0.4) is 0 Å². The van der Waals surface area contributed by atoms with Gasteiger partial charge in [-0.15, -0.1) is 5.75 Å². The molecule has 0 heterocycles. The van der Waals surface area contributed by atoms with Crippen LogP contribution in [0.4, 0.5) is 0 Å². The molecule has 0 aliphatic heterocycles. The predicted molar refractivity (Wildman–Crippen MR) is 113 cm³/mol. The van der Waals surface area contributed by atoms with Gasteiger partial charge < -0.3 is 9.84 Å². The average molecular weight is 443 g/mol. The Morgan fingerprint density at radius 3 is 2.00 bits per heavy atom. The molecule has 0 aromatic heterocycles. The molecule has 5 nitrogen and oxygen atoms in total. The number of rotatable bonds is 13. The van der Waals surface area contributed by atoms with Gasteiger partial charge in [0.05, 0.1) is 0 Å². The van der Waals surface area contributed by atoms with Crippen LogP contribution in [0, 0.1) is 0 Å². The third-order valence-electron chi connectivity index (χ3n) is 4.92. The topological polar surface area (TPSA) is 86.7 Å². The van der Waals surface area contributed by atoms with Gasteiger partial charge in [-0.05, 0) is 36.6 Å². The molecule has 160 valence electrons. The number of unbranched alkanes of at least 4 members (excludes halogenated alkanes) is 8. The van der Waals surface area contributed by atoms with Crippen LogP contribution in [0.25, 0.3) is 0 Å². The van der Waals surface area contributed by atoms with E-state index in [1.807, 2.05) is 0 Å². The minimum atomic E-state index is -4.44. The van der Waals surface area contributed by atoms with Gasteiger partial charge in [-0.2, -0.15) is 8.42 Å². The molecule has 0 atom stereocenters. The van der Waals surface area contributed by atoms with Gasteiger partial charge in [0.2, 0.25) is 0 Å². The van der Waals surface area contributed by atoms with E-state index in [1.54, 1.807) is 12.1 Å². The van der Waals surface area contributed by atoms with Gasteiger partial charge in [0, 0.05) is 0 Å². The summed E-state index contributed by atoms with van der Waals surface area (Å²) in [5.41, 5.74) is 0.549. The van der Waals surface area contributed by atoms with Gasteiger partial charge in [0.15, 0.2) is 0 Å². The van der Waals surface area contributed by atoms with Crippen LogP contribution in [-0.4, -0.2) is 13.0 Å². The van der Waals surface area contributed by atoms with Crippen molar-refractivity contribution < 1.29 is 52.4 Å². The number of aryl methyl sites for hydroxylation is 1. The maximum atomic E-state index is 12.0. The molecule has 1 N–H and O–H groups in total. The molecule has 0 aliphatic carbocycles. The molecule has 0 spiro atoms. The van der Waals surface area contributed by atoms with Gasteiger partial charge in [-0.3, -0.25) is 4.55 Å². The smallest absolute Gasteiger partial charge is 0.872 e. The van der Waals surface area contributed by atoms with Crippen molar-refractivity contribution in [1.82, 2.24) is 0 Å². The summed E-state index contributed by atoms with van der Waals surface area (Å²) in [6, 6.07) is 10.6. The molecule has 0 amide bonds. The molecule has 0 saturated heterocycles. The zero-order valence-corrected chi connectivity index (χ0v) is 20.9.